The van der Waals surface area contributed by atoms with Crippen molar-refractivity contribution in [2.24, 2.45) is 5.41 Å². The van der Waals surface area contributed by atoms with E-state index in [1.807, 2.05) is 229 Å². The van der Waals surface area contributed by atoms with Gasteiger partial charge < -0.3 is 40.7 Å². The molecular weight excluding hydrogens is 1370 g/mol. The van der Waals surface area contributed by atoms with E-state index in [-0.39, 0.29) is 63.1 Å². The number of piperidine rings is 2. The summed E-state index contributed by atoms with van der Waals surface area (Å²) in [5, 5.41) is 97.8. The first-order valence-electron chi connectivity index (χ1n) is 39.8. The van der Waals surface area contributed by atoms with Crippen molar-refractivity contribution in [1.29, 1.82) is 0 Å². The molecule has 2 fully saturated rings. The van der Waals surface area contributed by atoms with Gasteiger partial charge in [0.2, 0.25) is 0 Å². The fourth-order valence-electron chi connectivity index (χ4n) is 13.3. The van der Waals surface area contributed by atoms with Gasteiger partial charge in [0.15, 0.2) is 0 Å². The Hall–Kier alpha value is -6.39. The van der Waals surface area contributed by atoms with Crippen LogP contribution in [0.2, 0.25) is 0 Å². The van der Waals surface area contributed by atoms with E-state index in [9.17, 15) is 46.5 Å². The van der Waals surface area contributed by atoms with Crippen molar-refractivity contribution in [2.45, 2.75) is 379 Å². The molecule has 616 valence electrons. The van der Waals surface area contributed by atoms with Gasteiger partial charge in [-0.05, 0) is 333 Å². The number of allylic oxidation sites excluding steroid dienone is 4. The number of carbonyl (C=O) groups is 1. The number of ether oxygens (including phenoxy) is 2. The summed E-state index contributed by atoms with van der Waals surface area (Å²) in [6, 6.07) is 31.4. The summed E-state index contributed by atoms with van der Waals surface area (Å²) in [6.07, 6.45) is 11.6. The zero-order valence-electron chi connectivity index (χ0n) is 74.2. The highest BCUT2D eigenvalue weighted by molar-refractivity contribution is 5.98. The zero-order valence-corrected chi connectivity index (χ0v) is 74.2. The van der Waals surface area contributed by atoms with Gasteiger partial charge in [-0.15, -0.1) is 0 Å². The van der Waals surface area contributed by atoms with E-state index in [4.69, 9.17) is 9.47 Å². The molecule has 3 unspecified atom stereocenters. The van der Waals surface area contributed by atoms with Crippen molar-refractivity contribution in [3.05, 3.63) is 163 Å². The summed E-state index contributed by atoms with van der Waals surface area (Å²) >= 11 is 0. The number of amidine groups is 2. The average molecular weight is 1520 g/mol. The molecular formula is C90H148N8O11-2. The predicted molar refractivity (Wildman–Crippen MR) is 453 cm³/mol. The molecule has 4 N–H and O–H groups in total. The Morgan fingerprint density at radius 2 is 0.789 bits per heavy atom. The normalized spacial score (nSPS) is 20.4. The lowest BCUT2D eigenvalue weighted by Crippen LogP contribution is -2.61. The largest absolute Gasteiger partial charge is 0.715 e. The number of carbonyl (C=O) groups excluding carboxylic acids is 1. The Kier molecular flexibility index (Phi) is 33.3. The maximum Gasteiger partial charge on any atom is 0.311 e. The van der Waals surface area contributed by atoms with Crippen LogP contribution in [0, 0.1) is 26.2 Å². The van der Waals surface area contributed by atoms with Gasteiger partial charge in [0.25, 0.3) is 11.7 Å². The number of anilines is 2. The predicted octanol–water partition coefficient (Wildman–Crippen LogP) is 22.5. The minimum absolute atomic E-state index is 0.133. The summed E-state index contributed by atoms with van der Waals surface area (Å²) in [6.45, 7) is 69.4. The van der Waals surface area contributed by atoms with Crippen LogP contribution >= 0.6 is 0 Å². The van der Waals surface area contributed by atoms with Gasteiger partial charge in [-0.2, -0.15) is 10.1 Å². The Balaban J connectivity index is 0.000000341. The van der Waals surface area contributed by atoms with Gasteiger partial charge in [-0.3, -0.25) is 44.9 Å². The Morgan fingerprint density at radius 3 is 1.06 bits per heavy atom. The molecule has 0 aromatic heterocycles. The van der Waals surface area contributed by atoms with Crippen LogP contribution in [-0.2, 0) is 14.3 Å². The van der Waals surface area contributed by atoms with Gasteiger partial charge in [-0.1, -0.05) is 102 Å². The summed E-state index contributed by atoms with van der Waals surface area (Å²) < 4.78 is 13.4. The second-order valence-electron chi connectivity index (χ2n) is 37.9. The van der Waals surface area contributed by atoms with Gasteiger partial charge >= 0.3 is 5.97 Å². The van der Waals surface area contributed by atoms with Crippen LogP contribution in [0.25, 0.3) is 11.1 Å². The first-order chi connectivity index (χ1) is 49.6. The topological polar surface area (TPSA) is 234 Å². The van der Waals surface area contributed by atoms with Crippen LogP contribution in [0.5, 0.6) is 0 Å². The highest BCUT2D eigenvalue weighted by atomic mass is 16.6. The molecule has 0 bridgehead atoms. The van der Waals surface area contributed by atoms with Crippen molar-refractivity contribution in [3.8, 4) is 0 Å². The van der Waals surface area contributed by atoms with Gasteiger partial charge in [0.1, 0.15) is 28.3 Å². The molecule has 8 rings (SSSR count). The van der Waals surface area contributed by atoms with Crippen molar-refractivity contribution in [3.63, 3.8) is 0 Å². The van der Waals surface area contributed by atoms with E-state index in [0.717, 1.165) is 80.6 Å². The molecule has 0 spiro atoms. The first kappa shape index (κ1) is 96.8. The molecule has 0 saturated carbocycles. The molecule has 3 atom stereocenters. The van der Waals surface area contributed by atoms with E-state index in [2.05, 4.69) is 94.4 Å². The third-order valence-electron chi connectivity index (χ3n) is 23.7. The Morgan fingerprint density at radius 1 is 0.505 bits per heavy atom. The van der Waals surface area contributed by atoms with Crippen LogP contribution in [0.1, 0.15) is 339 Å². The van der Waals surface area contributed by atoms with Crippen molar-refractivity contribution < 1.29 is 44.6 Å². The minimum atomic E-state index is -0.776. The lowest BCUT2D eigenvalue weighted by atomic mass is 9.80. The van der Waals surface area contributed by atoms with Crippen molar-refractivity contribution in [1.82, 2.24) is 20.3 Å². The summed E-state index contributed by atoms with van der Waals surface area (Å²) in [5.74, 6) is 1.32. The van der Waals surface area contributed by atoms with Crippen LogP contribution in [0.3, 0.4) is 0 Å². The van der Waals surface area contributed by atoms with E-state index in [1.165, 1.54) is 42.5 Å². The monoisotopic (exact) mass is 1520 g/mol. The fourth-order valence-corrected chi connectivity index (χ4v) is 13.3. The number of nitrogens with zero attached hydrogens (tertiary/aromatic N) is 8. The van der Waals surface area contributed by atoms with Crippen LogP contribution in [0.4, 0.5) is 11.4 Å². The fraction of sp³-hybridized carbons (Fsp3) is 0.656. The second-order valence-corrected chi connectivity index (χ2v) is 37.9. The quantitative estimate of drug-likeness (QED) is 0.0353. The SMILES string of the molecule is C/C=C(/C)c1ccc(C2=[N+]([O-])C(C)(C)C(C)(C)N2[O-])cc1.C/C=C(/C)c1ccc(N(O)C(C)(C)C)cc1.CCC(C)(C)C(=O)OC1CC(C)(C)N(O)C(C)(C)C1.CCC(C)OC1CC(C)(C)N(O)C(C)(C)C1.CCC(C)c1ccc(C2=[N+]([O-])C(C)(C)C(C)(C)N2[O-])cc1.CCC(C)c1ccc(N(O)C(C)(C)C)cc1. The molecule has 109 heavy (non-hydrogen) atoms. The third-order valence-corrected chi connectivity index (χ3v) is 23.7. The zero-order chi connectivity index (χ0) is 84.3. The molecule has 0 amide bonds. The number of esters is 1. The summed E-state index contributed by atoms with van der Waals surface area (Å²) in [7, 11) is 0. The number of hydrogen-bond acceptors (Lipinski definition) is 17. The van der Waals surface area contributed by atoms with E-state index in [1.54, 1.807) is 27.7 Å². The first-order valence-corrected chi connectivity index (χ1v) is 39.8. The van der Waals surface area contributed by atoms with Crippen LogP contribution in [-0.4, -0.2) is 142 Å². The van der Waals surface area contributed by atoms with Gasteiger partial charge in [0.05, 0.1) is 51.2 Å². The highest BCUT2D eigenvalue weighted by Crippen LogP contribution is 2.43. The molecule has 19 heteroatoms. The molecule has 19 nitrogen and oxygen atoms in total. The standard InChI is InChI=1S/C17H25N2O2.C17H23N2O2.C15H29NO3.C14H23NO.C14H21NO.C13H27NO2/c2*1-7-12(2)13-8-10-14(11-9-13)15-18(20)16(3,4)17(5,6)19(15)21;1-8-13(2,3)12(17)19-11-9-14(4,5)16(18)15(6,7)10-11;2*1-6-11(2)12-7-9-13(10-8-12)15(16)14(3,4)5;1-7-10(2)16-11-8-12(3,4)14(15)13(5,6)9-11/h8-12H,7H2,1-6H3;7-11H,1-6H3;11,18H,8-10H2,1-7H3;7-11,16H,6H2,1-5H3;6-10,16H,1-5H3;10-11,15H,7-9H2,1-6H3/q2*-1;;;;/b;12-7-;;;11-6-;. The number of hydroxylamine groups is 12. The highest BCUT2D eigenvalue weighted by Gasteiger charge is 2.56. The van der Waals surface area contributed by atoms with Crippen molar-refractivity contribution in [2.75, 3.05) is 10.1 Å². The molecule has 4 aliphatic heterocycles. The van der Waals surface area contributed by atoms with Gasteiger partial charge in [0, 0.05) is 35.0 Å². The smallest absolute Gasteiger partial charge is 0.311 e. The second kappa shape index (κ2) is 37.5. The van der Waals surface area contributed by atoms with Crippen LogP contribution < -0.4 is 10.1 Å². The average Bonchev–Trinajstić information content (AvgIpc) is 1.58. The minimum Gasteiger partial charge on any atom is -0.715 e. The number of benzene rings is 4. The number of hydrogen-bond donors (Lipinski definition) is 4. The van der Waals surface area contributed by atoms with E-state index < -0.39 is 27.6 Å². The lowest BCUT2D eigenvalue weighted by molar-refractivity contribution is -0.539. The van der Waals surface area contributed by atoms with Gasteiger partial charge in [-0.25, -0.2) is 0 Å². The summed E-state index contributed by atoms with van der Waals surface area (Å²) in [5.41, 5.74) is 5.00. The summed E-state index contributed by atoms with van der Waals surface area (Å²) in [4.78, 5) is 12.2. The molecule has 0 radical (unpaired) electrons. The molecule has 4 aliphatic rings. The van der Waals surface area contributed by atoms with E-state index in [0.29, 0.717) is 41.9 Å². The molecule has 2 saturated heterocycles. The molecule has 4 aromatic carbocycles. The maximum atomic E-state index is 12.6. The maximum absolute atomic E-state index is 12.6. The molecule has 0 aliphatic carbocycles. The Bertz CT molecular complexity index is 3630. The third kappa shape index (κ3) is 23.6. The van der Waals surface area contributed by atoms with Crippen molar-refractivity contribution >= 4 is 40.2 Å². The number of rotatable bonds is 16. The van der Waals surface area contributed by atoms with Crippen LogP contribution in [0.15, 0.2) is 109 Å². The molecule has 4 aromatic rings. The molecule has 4 heterocycles. The lowest BCUT2D eigenvalue weighted by Gasteiger charge is -2.51. The Labute approximate surface area is 659 Å². The van der Waals surface area contributed by atoms with E-state index >= 15 is 0 Å².